The summed E-state index contributed by atoms with van der Waals surface area (Å²) in [5, 5.41) is 15.0. The number of hydrogen-bond donors (Lipinski definition) is 3. The summed E-state index contributed by atoms with van der Waals surface area (Å²) >= 11 is 0. The fourth-order valence-electron chi connectivity index (χ4n) is 1.09. The van der Waals surface area contributed by atoms with E-state index in [4.69, 9.17) is 4.74 Å². The molecule has 0 heterocycles. The number of methoxy groups -OCH3 is 1. The Morgan fingerprint density at radius 2 is 1.94 bits per heavy atom. The van der Waals surface area contributed by atoms with Crippen molar-refractivity contribution in [1.82, 2.24) is 10.6 Å². The molecule has 17 heavy (non-hydrogen) atoms. The summed E-state index contributed by atoms with van der Waals surface area (Å²) in [6.07, 6.45) is 0.199. The van der Waals surface area contributed by atoms with E-state index >= 15 is 0 Å². The standard InChI is InChI=1S/C12H26N2O3/c1-9(2)10(15)6-7-13-11(16)14-8-12(3,4)17-5/h9-10,15H,6-8H2,1-5H3,(H2,13,14,16). The number of carbonyl (C=O) groups is 1. The van der Waals surface area contributed by atoms with Gasteiger partial charge in [-0.15, -0.1) is 0 Å². The van der Waals surface area contributed by atoms with E-state index in [0.29, 0.717) is 19.5 Å². The zero-order chi connectivity index (χ0) is 13.5. The maximum absolute atomic E-state index is 11.4. The van der Waals surface area contributed by atoms with Gasteiger partial charge in [-0.3, -0.25) is 0 Å². The van der Waals surface area contributed by atoms with E-state index in [9.17, 15) is 9.90 Å². The van der Waals surface area contributed by atoms with E-state index in [1.807, 2.05) is 27.7 Å². The number of aliphatic hydroxyl groups excluding tert-OH is 1. The van der Waals surface area contributed by atoms with Gasteiger partial charge in [-0.2, -0.15) is 0 Å². The third kappa shape index (κ3) is 7.99. The highest BCUT2D eigenvalue weighted by Crippen LogP contribution is 2.05. The van der Waals surface area contributed by atoms with Crippen molar-refractivity contribution in [2.24, 2.45) is 5.92 Å². The minimum atomic E-state index is -0.370. The number of amides is 2. The molecule has 0 aliphatic rings. The van der Waals surface area contributed by atoms with Crippen LogP contribution in [0.2, 0.25) is 0 Å². The summed E-state index contributed by atoms with van der Waals surface area (Å²) in [6.45, 7) is 8.62. The Balaban J connectivity index is 3.67. The first kappa shape index (κ1) is 16.2. The van der Waals surface area contributed by atoms with E-state index in [-0.39, 0.29) is 23.7 Å². The SMILES string of the molecule is COC(C)(C)CNC(=O)NCCC(O)C(C)C. The van der Waals surface area contributed by atoms with Crippen LogP contribution in [0.25, 0.3) is 0 Å². The number of hydrogen-bond acceptors (Lipinski definition) is 3. The van der Waals surface area contributed by atoms with E-state index in [2.05, 4.69) is 10.6 Å². The van der Waals surface area contributed by atoms with Crippen LogP contribution in [-0.4, -0.2) is 43.0 Å². The minimum Gasteiger partial charge on any atom is -0.393 e. The van der Waals surface area contributed by atoms with Crippen molar-refractivity contribution in [2.75, 3.05) is 20.2 Å². The maximum Gasteiger partial charge on any atom is 0.314 e. The molecule has 1 unspecified atom stereocenters. The molecule has 3 N–H and O–H groups in total. The second-order valence-corrected chi connectivity index (χ2v) is 5.17. The Hall–Kier alpha value is -0.810. The molecule has 0 spiro atoms. The Bertz CT molecular complexity index is 230. The summed E-state index contributed by atoms with van der Waals surface area (Å²) in [4.78, 5) is 11.4. The average molecular weight is 246 g/mol. The van der Waals surface area contributed by atoms with Crippen LogP contribution in [-0.2, 0) is 4.74 Å². The largest absolute Gasteiger partial charge is 0.393 e. The van der Waals surface area contributed by atoms with Crippen molar-refractivity contribution in [1.29, 1.82) is 0 Å². The number of urea groups is 1. The molecule has 0 saturated heterocycles. The van der Waals surface area contributed by atoms with Crippen LogP contribution < -0.4 is 10.6 Å². The van der Waals surface area contributed by atoms with Gasteiger partial charge < -0.3 is 20.5 Å². The van der Waals surface area contributed by atoms with Crippen molar-refractivity contribution in [3.8, 4) is 0 Å². The molecule has 0 radical (unpaired) electrons. The van der Waals surface area contributed by atoms with Gasteiger partial charge in [0.25, 0.3) is 0 Å². The van der Waals surface area contributed by atoms with E-state index < -0.39 is 0 Å². The van der Waals surface area contributed by atoms with Gasteiger partial charge in [-0.25, -0.2) is 4.79 Å². The normalized spacial score (nSPS) is 13.6. The van der Waals surface area contributed by atoms with Gasteiger partial charge in [-0.1, -0.05) is 13.8 Å². The predicted molar refractivity (Wildman–Crippen MR) is 68.0 cm³/mol. The monoisotopic (exact) mass is 246 g/mol. The van der Waals surface area contributed by atoms with Crippen LogP contribution in [0, 0.1) is 5.92 Å². The molecular formula is C12H26N2O3. The molecule has 2 amide bonds. The molecular weight excluding hydrogens is 220 g/mol. The van der Waals surface area contributed by atoms with E-state index in [1.165, 1.54) is 0 Å². The molecule has 0 aliphatic carbocycles. The lowest BCUT2D eigenvalue weighted by molar-refractivity contribution is 0.0253. The van der Waals surface area contributed by atoms with E-state index in [0.717, 1.165) is 0 Å². The van der Waals surface area contributed by atoms with Gasteiger partial charge in [0.2, 0.25) is 0 Å². The lowest BCUT2D eigenvalue weighted by atomic mass is 10.0. The van der Waals surface area contributed by atoms with Crippen LogP contribution in [0.4, 0.5) is 4.79 Å². The third-order valence-corrected chi connectivity index (χ3v) is 2.72. The zero-order valence-corrected chi connectivity index (χ0v) is 11.5. The number of rotatable bonds is 7. The first-order valence-electron chi connectivity index (χ1n) is 6.03. The lowest BCUT2D eigenvalue weighted by Gasteiger charge is -2.23. The van der Waals surface area contributed by atoms with Gasteiger partial charge >= 0.3 is 6.03 Å². The first-order valence-corrected chi connectivity index (χ1v) is 6.03. The summed E-state index contributed by atoms with van der Waals surface area (Å²) in [7, 11) is 1.61. The molecule has 0 bridgehead atoms. The number of ether oxygens (including phenoxy) is 1. The Kier molecular flexibility index (Phi) is 7.15. The summed E-state index contributed by atoms with van der Waals surface area (Å²) < 4.78 is 5.18. The second kappa shape index (κ2) is 7.50. The van der Waals surface area contributed by atoms with Crippen LogP contribution in [0.5, 0.6) is 0 Å². The molecule has 0 saturated carbocycles. The lowest BCUT2D eigenvalue weighted by Crippen LogP contribution is -2.44. The van der Waals surface area contributed by atoms with Gasteiger partial charge in [0.15, 0.2) is 0 Å². The summed E-state index contributed by atoms with van der Waals surface area (Å²) in [5.74, 6) is 0.215. The van der Waals surface area contributed by atoms with Gasteiger partial charge in [0.1, 0.15) is 0 Å². The highest BCUT2D eigenvalue weighted by atomic mass is 16.5. The van der Waals surface area contributed by atoms with Crippen molar-refractivity contribution in [2.45, 2.75) is 45.8 Å². The zero-order valence-electron chi connectivity index (χ0n) is 11.5. The molecule has 102 valence electrons. The van der Waals surface area contributed by atoms with Crippen LogP contribution in [0.3, 0.4) is 0 Å². The van der Waals surface area contributed by atoms with Gasteiger partial charge in [0, 0.05) is 20.2 Å². The molecule has 5 nitrogen and oxygen atoms in total. The van der Waals surface area contributed by atoms with Crippen LogP contribution in [0.15, 0.2) is 0 Å². The molecule has 0 aromatic rings. The summed E-state index contributed by atoms with van der Waals surface area (Å²) in [6, 6.07) is -0.230. The number of aliphatic hydroxyl groups is 1. The smallest absolute Gasteiger partial charge is 0.314 e. The maximum atomic E-state index is 11.4. The van der Waals surface area contributed by atoms with Crippen LogP contribution >= 0.6 is 0 Å². The average Bonchev–Trinajstić information content (AvgIpc) is 2.26. The first-order chi connectivity index (χ1) is 7.78. The predicted octanol–water partition coefficient (Wildman–Crippen LogP) is 1.12. The molecule has 0 aromatic heterocycles. The van der Waals surface area contributed by atoms with Crippen molar-refractivity contribution >= 4 is 6.03 Å². The van der Waals surface area contributed by atoms with Crippen molar-refractivity contribution in [3.05, 3.63) is 0 Å². The Morgan fingerprint density at radius 3 is 2.41 bits per heavy atom. The molecule has 0 aliphatic heterocycles. The molecule has 0 fully saturated rings. The molecule has 5 heteroatoms. The quantitative estimate of drug-likeness (QED) is 0.630. The topological polar surface area (TPSA) is 70.6 Å². The number of nitrogens with one attached hydrogen (secondary N) is 2. The van der Waals surface area contributed by atoms with Gasteiger partial charge in [-0.05, 0) is 26.2 Å². The Morgan fingerprint density at radius 1 is 1.35 bits per heavy atom. The van der Waals surface area contributed by atoms with Crippen LogP contribution in [0.1, 0.15) is 34.1 Å². The van der Waals surface area contributed by atoms with Gasteiger partial charge in [0.05, 0.1) is 11.7 Å². The third-order valence-electron chi connectivity index (χ3n) is 2.72. The van der Waals surface area contributed by atoms with Crippen molar-refractivity contribution < 1.29 is 14.6 Å². The highest BCUT2D eigenvalue weighted by Gasteiger charge is 2.17. The highest BCUT2D eigenvalue weighted by molar-refractivity contribution is 5.73. The number of carbonyl (C=O) groups excluding carboxylic acids is 1. The molecule has 1 atom stereocenters. The molecule has 0 aromatic carbocycles. The van der Waals surface area contributed by atoms with E-state index in [1.54, 1.807) is 7.11 Å². The molecule has 0 rings (SSSR count). The fraction of sp³-hybridized carbons (Fsp3) is 0.917. The van der Waals surface area contributed by atoms with Crippen molar-refractivity contribution in [3.63, 3.8) is 0 Å². The minimum absolute atomic E-state index is 0.215. The summed E-state index contributed by atoms with van der Waals surface area (Å²) in [5.41, 5.74) is -0.366. The fourth-order valence-corrected chi connectivity index (χ4v) is 1.09. The Labute approximate surface area is 104 Å². The second-order valence-electron chi connectivity index (χ2n) is 5.17.